The molecule has 15 heavy (non-hydrogen) atoms. The van der Waals surface area contributed by atoms with Crippen molar-refractivity contribution >= 4 is 13.6 Å². The molecule has 0 heterocycles. The van der Waals surface area contributed by atoms with E-state index in [1.807, 2.05) is 25.1 Å². The van der Waals surface area contributed by atoms with Crippen LogP contribution in [-0.4, -0.2) is 6.61 Å². The fourth-order valence-electron chi connectivity index (χ4n) is 1.20. The van der Waals surface area contributed by atoms with Gasteiger partial charge in [0.1, 0.15) is 0 Å². The van der Waals surface area contributed by atoms with Gasteiger partial charge in [0.05, 0.1) is 6.61 Å². The minimum atomic E-state index is 0.832. The Morgan fingerprint density at radius 2 is 2.13 bits per heavy atom. The molecular formula is C12H17BrOZn. The van der Waals surface area contributed by atoms with Crippen molar-refractivity contribution in [2.24, 2.45) is 0 Å². The van der Waals surface area contributed by atoms with Crippen molar-refractivity contribution in [2.45, 2.75) is 33.1 Å². The number of hydrogen-bond donors (Lipinski definition) is 0. The molecule has 0 aliphatic carbocycles. The second-order valence-corrected chi connectivity index (χ2v) is 3.25. The van der Waals surface area contributed by atoms with Crippen molar-refractivity contribution in [1.82, 2.24) is 0 Å². The molecule has 0 bridgehead atoms. The monoisotopic (exact) mass is 320 g/mol. The Hall–Kier alpha value is 0.123. The van der Waals surface area contributed by atoms with Gasteiger partial charge in [-0.25, -0.2) is 0 Å². The number of rotatable bonds is 5. The van der Waals surface area contributed by atoms with Crippen LogP contribution in [0.3, 0.4) is 0 Å². The van der Waals surface area contributed by atoms with Crippen LogP contribution < -0.4 is 4.74 Å². The molecule has 0 unspecified atom stereocenters. The van der Waals surface area contributed by atoms with Gasteiger partial charge < -0.3 is 4.74 Å². The fourth-order valence-corrected chi connectivity index (χ4v) is 1.20. The van der Waals surface area contributed by atoms with Crippen molar-refractivity contribution in [2.75, 3.05) is 6.61 Å². The zero-order valence-corrected chi connectivity index (χ0v) is 14.1. The van der Waals surface area contributed by atoms with Gasteiger partial charge in [-0.2, -0.15) is 18.2 Å². The van der Waals surface area contributed by atoms with E-state index < -0.39 is 0 Å². The van der Waals surface area contributed by atoms with Gasteiger partial charge in [-0.15, -0.1) is 11.6 Å². The van der Waals surface area contributed by atoms with E-state index in [1.165, 1.54) is 34.7 Å². The first-order valence-electron chi connectivity index (χ1n) is 5.21. The molecule has 0 radical (unpaired) electrons. The zero-order valence-electron chi connectivity index (χ0n) is 9.55. The predicted octanol–water partition coefficient (Wildman–Crippen LogP) is 4.21. The van der Waals surface area contributed by atoms with Gasteiger partial charge in [0, 0.05) is 5.75 Å². The molecule has 0 fully saturated rings. The first kappa shape index (κ1) is 15.1. The fraction of sp³-hybridized carbons (Fsp3) is 0.500. The van der Waals surface area contributed by atoms with E-state index in [1.54, 1.807) is 0 Å². The van der Waals surface area contributed by atoms with Gasteiger partial charge in [-0.3, -0.25) is 0 Å². The van der Waals surface area contributed by atoms with Gasteiger partial charge in [-0.1, -0.05) is 26.7 Å². The van der Waals surface area contributed by atoms with Crippen LogP contribution in [0.5, 0.6) is 5.75 Å². The maximum atomic E-state index is 5.62. The normalized spacial score (nSPS) is 9.13. The molecule has 0 saturated carbocycles. The van der Waals surface area contributed by atoms with E-state index in [0.29, 0.717) is 0 Å². The molecular weight excluding hydrogens is 305 g/mol. The topological polar surface area (TPSA) is 9.23 Å². The number of unbranched alkanes of at least 4 members (excludes halogenated alkanes) is 2. The van der Waals surface area contributed by atoms with Gasteiger partial charge in [-0.05, 0) is 6.42 Å². The summed E-state index contributed by atoms with van der Waals surface area (Å²) >= 11 is 4.25. The third kappa shape index (κ3) is 7.08. The van der Waals surface area contributed by atoms with Gasteiger partial charge >= 0.3 is 30.0 Å². The van der Waals surface area contributed by atoms with Crippen LogP contribution in [0, 0.1) is 13.0 Å². The SMILES string of the molecule is CCCCCOc1cc[c-]cc1C.[Zn+][Br]. The molecule has 1 aromatic carbocycles. The van der Waals surface area contributed by atoms with Crippen LogP contribution in [0.1, 0.15) is 31.7 Å². The first-order chi connectivity index (χ1) is 7.34. The summed E-state index contributed by atoms with van der Waals surface area (Å²) in [5.41, 5.74) is 1.17. The molecule has 0 aliphatic rings. The van der Waals surface area contributed by atoms with Gasteiger partial charge in [0.2, 0.25) is 0 Å². The van der Waals surface area contributed by atoms with Crippen molar-refractivity contribution in [1.29, 1.82) is 0 Å². The molecule has 3 heteroatoms. The molecule has 0 atom stereocenters. The van der Waals surface area contributed by atoms with Gasteiger partial charge in [0.15, 0.2) is 0 Å². The van der Waals surface area contributed by atoms with Crippen LogP contribution in [0.25, 0.3) is 0 Å². The Morgan fingerprint density at radius 1 is 1.40 bits per heavy atom. The molecule has 0 amide bonds. The average Bonchev–Trinajstić information content (AvgIpc) is 2.29. The van der Waals surface area contributed by atoms with Crippen LogP contribution in [0.4, 0.5) is 0 Å². The first-order valence-corrected chi connectivity index (χ1v) is 12.2. The summed E-state index contributed by atoms with van der Waals surface area (Å²) in [5, 5.41) is 0. The molecule has 1 aromatic rings. The van der Waals surface area contributed by atoms with E-state index in [9.17, 15) is 0 Å². The van der Waals surface area contributed by atoms with Gasteiger partial charge in [0.25, 0.3) is 0 Å². The Labute approximate surface area is 110 Å². The van der Waals surface area contributed by atoms with Crippen LogP contribution in [0.15, 0.2) is 18.2 Å². The quantitative estimate of drug-likeness (QED) is 0.448. The third-order valence-corrected chi connectivity index (χ3v) is 2.02. The van der Waals surface area contributed by atoms with Crippen LogP contribution >= 0.6 is 13.6 Å². The molecule has 0 N–H and O–H groups in total. The third-order valence-electron chi connectivity index (χ3n) is 2.02. The summed E-state index contributed by atoms with van der Waals surface area (Å²) in [6, 6.07) is 8.84. The van der Waals surface area contributed by atoms with Crippen molar-refractivity contribution < 1.29 is 21.1 Å². The van der Waals surface area contributed by atoms with Crippen molar-refractivity contribution in [3.8, 4) is 5.75 Å². The van der Waals surface area contributed by atoms with E-state index in [2.05, 4.69) is 26.6 Å². The molecule has 0 spiro atoms. The Morgan fingerprint density at radius 3 is 2.73 bits per heavy atom. The Balaban J connectivity index is 0.000000921. The summed E-state index contributed by atoms with van der Waals surface area (Å²) < 4.78 is 5.62. The molecule has 0 aliphatic heterocycles. The van der Waals surface area contributed by atoms with E-state index >= 15 is 0 Å². The van der Waals surface area contributed by atoms with E-state index in [0.717, 1.165) is 18.8 Å². The number of ether oxygens (including phenoxy) is 1. The number of hydrogen-bond acceptors (Lipinski definition) is 1. The second-order valence-electron chi connectivity index (χ2n) is 3.25. The van der Waals surface area contributed by atoms with Crippen molar-refractivity contribution in [3.05, 3.63) is 29.8 Å². The van der Waals surface area contributed by atoms with Crippen LogP contribution in [0.2, 0.25) is 0 Å². The van der Waals surface area contributed by atoms with Crippen molar-refractivity contribution in [3.63, 3.8) is 0 Å². The van der Waals surface area contributed by atoms with E-state index in [4.69, 9.17) is 4.74 Å². The standard InChI is InChI=1S/C12H17O.BrH.Zn/c1-3-4-7-10-13-12-9-6-5-8-11(12)2;;/h6,8-9H,3-4,7,10H2,1-2H3;1H;/q-1;;+2/p-1. The molecule has 1 nitrogen and oxygen atoms in total. The summed E-state index contributed by atoms with van der Waals surface area (Å²) in [6.07, 6.45) is 3.64. The minimum absolute atomic E-state index is 0.832. The Kier molecular flexibility index (Phi) is 10.7. The molecule has 1 rings (SSSR count). The zero-order chi connectivity index (χ0) is 11.5. The predicted molar refractivity (Wildman–Crippen MR) is 64.0 cm³/mol. The Bertz CT molecular complexity index is 253. The maximum absolute atomic E-state index is 5.62. The molecule has 0 aromatic heterocycles. The second kappa shape index (κ2) is 10.6. The number of benzene rings is 1. The summed E-state index contributed by atoms with van der Waals surface area (Å²) in [7, 11) is 0. The molecule has 80 valence electrons. The van der Waals surface area contributed by atoms with Crippen LogP contribution in [-0.2, 0) is 16.3 Å². The summed E-state index contributed by atoms with van der Waals surface area (Å²) in [4.78, 5) is 0. The number of halogens is 1. The van der Waals surface area contributed by atoms with E-state index in [-0.39, 0.29) is 0 Å². The molecule has 0 saturated heterocycles. The summed E-state index contributed by atoms with van der Waals surface area (Å²) in [5.74, 6) is 0.995. The average molecular weight is 323 g/mol. The summed E-state index contributed by atoms with van der Waals surface area (Å²) in [6.45, 7) is 5.08. The number of aryl methyl sites for hydroxylation is 1.